The summed E-state index contributed by atoms with van der Waals surface area (Å²) in [6.07, 6.45) is 1.49. The summed E-state index contributed by atoms with van der Waals surface area (Å²) in [7, 11) is 0. The average Bonchev–Trinajstić information content (AvgIpc) is 2.83. The summed E-state index contributed by atoms with van der Waals surface area (Å²) in [5.74, 6) is -0.0574. The van der Waals surface area contributed by atoms with Crippen molar-refractivity contribution in [2.45, 2.75) is 25.5 Å². The van der Waals surface area contributed by atoms with Crippen LogP contribution in [-0.2, 0) is 16.1 Å². The molecule has 94 valence electrons. The minimum Gasteiger partial charge on any atom is -0.368 e. The molecule has 1 aromatic rings. The molecule has 17 heavy (non-hydrogen) atoms. The Kier molecular flexibility index (Phi) is 5.41. The van der Waals surface area contributed by atoms with E-state index in [9.17, 15) is 4.79 Å². The smallest absolute Gasteiger partial charge is 0.253 e. The average molecular weight is 257 g/mol. The van der Waals surface area contributed by atoms with Gasteiger partial charge in [0, 0.05) is 18.8 Å². The molecule has 1 aliphatic heterocycles. The number of nitrogens with two attached hydrogens (primary N) is 1. The topological polar surface area (TPSA) is 64.3 Å². The largest absolute Gasteiger partial charge is 0.368 e. The molecule has 2 rings (SSSR count). The summed E-state index contributed by atoms with van der Waals surface area (Å²) < 4.78 is 5.30. The van der Waals surface area contributed by atoms with E-state index in [-0.39, 0.29) is 24.4 Å². The zero-order chi connectivity index (χ0) is 11.4. The predicted molar refractivity (Wildman–Crippen MR) is 69.2 cm³/mol. The van der Waals surface area contributed by atoms with Gasteiger partial charge in [0.2, 0.25) is 0 Å². The van der Waals surface area contributed by atoms with Gasteiger partial charge in [0.25, 0.3) is 5.91 Å². The summed E-state index contributed by atoms with van der Waals surface area (Å²) in [5, 5.41) is 2.83. The Morgan fingerprint density at radius 3 is 2.65 bits per heavy atom. The minimum atomic E-state index is -0.283. The highest BCUT2D eigenvalue weighted by Crippen LogP contribution is 2.15. The van der Waals surface area contributed by atoms with E-state index in [0.29, 0.717) is 13.2 Å². The summed E-state index contributed by atoms with van der Waals surface area (Å²) in [5.41, 5.74) is 7.33. The van der Waals surface area contributed by atoms with Crippen molar-refractivity contribution < 1.29 is 9.53 Å². The SMILES string of the molecule is Cl.NCc1ccc(NC(=O)C2CCCO2)cc1. The number of carbonyl (C=O) groups excluding carboxylic acids is 1. The molecule has 3 N–H and O–H groups in total. The molecule has 1 unspecified atom stereocenters. The van der Waals surface area contributed by atoms with Gasteiger partial charge in [0.05, 0.1) is 0 Å². The maximum atomic E-state index is 11.7. The number of anilines is 1. The molecule has 4 nitrogen and oxygen atoms in total. The third-order valence-electron chi connectivity index (χ3n) is 2.68. The van der Waals surface area contributed by atoms with Crippen molar-refractivity contribution in [1.29, 1.82) is 0 Å². The van der Waals surface area contributed by atoms with Crippen molar-refractivity contribution in [1.82, 2.24) is 0 Å². The lowest BCUT2D eigenvalue weighted by atomic mass is 10.2. The summed E-state index contributed by atoms with van der Waals surface area (Å²) in [4.78, 5) is 11.7. The fourth-order valence-corrected chi connectivity index (χ4v) is 1.73. The van der Waals surface area contributed by atoms with Crippen LogP contribution >= 0.6 is 12.4 Å². The second-order valence-corrected chi connectivity index (χ2v) is 3.89. The van der Waals surface area contributed by atoms with Crippen LogP contribution in [0, 0.1) is 0 Å². The van der Waals surface area contributed by atoms with Gasteiger partial charge in [-0.25, -0.2) is 0 Å². The van der Waals surface area contributed by atoms with Gasteiger partial charge in [-0.15, -0.1) is 12.4 Å². The number of halogens is 1. The highest BCUT2D eigenvalue weighted by atomic mass is 35.5. The molecule has 0 radical (unpaired) electrons. The molecule has 0 aliphatic carbocycles. The van der Waals surface area contributed by atoms with Gasteiger partial charge in [-0.2, -0.15) is 0 Å². The van der Waals surface area contributed by atoms with Crippen LogP contribution in [0.2, 0.25) is 0 Å². The first-order chi connectivity index (χ1) is 7.79. The standard InChI is InChI=1S/C12H16N2O2.ClH/c13-8-9-3-5-10(6-4-9)14-12(15)11-2-1-7-16-11;/h3-6,11H,1-2,7-8,13H2,(H,14,15);1H. The highest BCUT2D eigenvalue weighted by Gasteiger charge is 2.23. The molecule has 1 aromatic carbocycles. The molecule has 0 bridgehead atoms. The monoisotopic (exact) mass is 256 g/mol. The molecule has 1 atom stereocenters. The number of rotatable bonds is 3. The van der Waals surface area contributed by atoms with Crippen LogP contribution in [0.1, 0.15) is 18.4 Å². The third kappa shape index (κ3) is 3.70. The molecule has 1 heterocycles. The van der Waals surface area contributed by atoms with Gasteiger partial charge in [0.15, 0.2) is 0 Å². The molecular formula is C12H17ClN2O2. The molecule has 0 spiro atoms. The zero-order valence-electron chi connectivity index (χ0n) is 9.52. The molecule has 1 amide bonds. The number of ether oxygens (including phenoxy) is 1. The second-order valence-electron chi connectivity index (χ2n) is 3.89. The van der Waals surface area contributed by atoms with Gasteiger partial charge >= 0.3 is 0 Å². The van der Waals surface area contributed by atoms with E-state index in [2.05, 4.69) is 5.32 Å². The van der Waals surface area contributed by atoms with Gasteiger partial charge in [-0.3, -0.25) is 4.79 Å². The van der Waals surface area contributed by atoms with Gasteiger partial charge in [-0.05, 0) is 30.5 Å². The minimum absolute atomic E-state index is 0. The van der Waals surface area contributed by atoms with Crippen molar-refractivity contribution in [3.05, 3.63) is 29.8 Å². The normalized spacial score (nSPS) is 18.5. The first kappa shape index (κ1) is 14.0. The molecule has 0 saturated carbocycles. The van der Waals surface area contributed by atoms with Gasteiger partial charge < -0.3 is 15.8 Å². The maximum absolute atomic E-state index is 11.7. The van der Waals surface area contributed by atoms with Crippen LogP contribution in [0.5, 0.6) is 0 Å². The van der Waals surface area contributed by atoms with E-state index in [1.54, 1.807) is 0 Å². The Bertz CT molecular complexity index is 361. The molecule has 1 aliphatic rings. The lowest BCUT2D eigenvalue weighted by Gasteiger charge is -2.10. The quantitative estimate of drug-likeness (QED) is 0.865. The molecule has 1 saturated heterocycles. The molecule has 1 fully saturated rings. The number of carbonyl (C=O) groups is 1. The highest BCUT2D eigenvalue weighted by molar-refractivity contribution is 5.94. The van der Waals surface area contributed by atoms with Crippen molar-refractivity contribution >= 4 is 24.0 Å². The Balaban J connectivity index is 0.00000144. The second kappa shape index (κ2) is 6.59. The van der Waals surface area contributed by atoms with E-state index in [1.807, 2.05) is 24.3 Å². The van der Waals surface area contributed by atoms with E-state index < -0.39 is 0 Å². The molecule has 5 heteroatoms. The first-order valence-electron chi connectivity index (χ1n) is 5.51. The molecule has 0 aromatic heterocycles. The molecular weight excluding hydrogens is 240 g/mol. The maximum Gasteiger partial charge on any atom is 0.253 e. The van der Waals surface area contributed by atoms with Crippen LogP contribution in [0.3, 0.4) is 0 Å². The van der Waals surface area contributed by atoms with Gasteiger partial charge in [-0.1, -0.05) is 12.1 Å². The number of hydrogen-bond donors (Lipinski definition) is 2. The fraction of sp³-hybridized carbons (Fsp3) is 0.417. The van der Waals surface area contributed by atoms with E-state index in [1.165, 1.54) is 0 Å². The fourth-order valence-electron chi connectivity index (χ4n) is 1.73. The summed E-state index contributed by atoms with van der Waals surface area (Å²) in [6.45, 7) is 1.20. The first-order valence-corrected chi connectivity index (χ1v) is 5.51. The Morgan fingerprint density at radius 1 is 1.41 bits per heavy atom. The lowest BCUT2D eigenvalue weighted by molar-refractivity contribution is -0.124. The number of nitrogens with one attached hydrogen (secondary N) is 1. The predicted octanol–water partition coefficient (Wildman–Crippen LogP) is 1.68. The van der Waals surface area contributed by atoms with Crippen molar-refractivity contribution in [2.75, 3.05) is 11.9 Å². The number of amides is 1. The Morgan fingerprint density at radius 2 is 2.12 bits per heavy atom. The number of hydrogen-bond acceptors (Lipinski definition) is 3. The Labute approximate surface area is 107 Å². The van der Waals surface area contributed by atoms with Crippen LogP contribution in [0.15, 0.2) is 24.3 Å². The van der Waals surface area contributed by atoms with Crippen molar-refractivity contribution in [3.63, 3.8) is 0 Å². The Hall–Kier alpha value is -1.10. The van der Waals surface area contributed by atoms with E-state index >= 15 is 0 Å². The van der Waals surface area contributed by atoms with Crippen molar-refractivity contribution in [3.8, 4) is 0 Å². The van der Waals surface area contributed by atoms with Gasteiger partial charge in [0.1, 0.15) is 6.10 Å². The van der Waals surface area contributed by atoms with Crippen LogP contribution in [0.25, 0.3) is 0 Å². The summed E-state index contributed by atoms with van der Waals surface area (Å²) in [6, 6.07) is 7.53. The summed E-state index contributed by atoms with van der Waals surface area (Å²) >= 11 is 0. The van der Waals surface area contributed by atoms with Crippen LogP contribution in [-0.4, -0.2) is 18.6 Å². The van der Waals surface area contributed by atoms with E-state index in [4.69, 9.17) is 10.5 Å². The van der Waals surface area contributed by atoms with Crippen LogP contribution < -0.4 is 11.1 Å². The third-order valence-corrected chi connectivity index (χ3v) is 2.68. The van der Waals surface area contributed by atoms with Crippen LogP contribution in [0.4, 0.5) is 5.69 Å². The lowest BCUT2D eigenvalue weighted by Crippen LogP contribution is -2.26. The van der Waals surface area contributed by atoms with E-state index in [0.717, 1.165) is 24.1 Å². The van der Waals surface area contributed by atoms with Crippen molar-refractivity contribution in [2.24, 2.45) is 5.73 Å². The number of benzene rings is 1. The zero-order valence-corrected chi connectivity index (χ0v) is 10.3.